The minimum atomic E-state index is 0.220. The van der Waals surface area contributed by atoms with Crippen molar-refractivity contribution in [1.29, 1.82) is 0 Å². The summed E-state index contributed by atoms with van der Waals surface area (Å²) in [6.07, 6.45) is 0. The molecule has 0 spiro atoms. The van der Waals surface area contributed by atoms with Crippen LogP contribution in [0.25, 0.3) is 0 Å². The largest absolute Gasteiger partial charge is 0.424 e. The second-order valence-corrected chi connectivity index (χ2v) is 4.69. The summed E-state index contributed by atoms with van der Waals surface area (Å²) in [6.45, 7) is 4.46. The van der Waals surface area contributed by atoms with Gasteiger partial charge in [-0.25, -0.2) is 0 Å². The molecule has 1 aromatic carbocycles. The van der Waals surface area contributed by atoms with Crippen LogP contribution in [-0.4, -0.2) is 10.2 Å². The maximum absolute atomic E-state index is 5.30. The molecule has 1 atom stereocenters. The molecule has 1 N–H and O–H groups in total. The van der Waals surface area contributed by atoms with Crippen molar-refractivity contribution in [1.82, 2.24) is 15.5 Å². The quantitative estimate of drug-likeness (QED) is 0.942. The number of nitrogens with zero attached hydrogens (tertiary/aromatic N) is 2. The van der Waals surface area contributed by atoms with Crippen molar-refractivity contribution >= 4 is 15.9 Å². The van der Waals surface area contributed by atoms with Gasteiger partial charge in [0.1, 0.15) is 0 Å². The molecular formula is C12H14BrN3O. The van der Waals surface area contributed by atoms with Gasteiger partial charge in [-0.05, 0) is 18.6 Å². The van der Waals surface area contributed by atoms with E-state index in [1.165, 1.54) is 5.56 Å². The van der Waals surface area contributed by atoms with Crippen LogP contribution in [-0.2, 0) is 6.54 Å². The number of hydrogen-bond donors (Lipinski definition) is 1. The van der Waals surface area contributed by atoms with Gasteiger partial charge in [-0.3, -0.25) is 0 Å². The summed E-state index contributed by atoms with van der Waals surface area (Å²) < 4.78 is 6.40. The smallest absolute Gasteiger partial charge is 0.230 e. The van der Waals surface area contributed by atoms with Crippen LogP contribution in [0.15, 0.2) is 33.2 Å². The molecule has 0 saturated heterocycles. The van der Waals surface area contributed by atoms with Crippen LogP contribution in [0, 0.1) is 6.92 Å². The molecule has 1 heterocycles. The van der Waals surface area contributed by atoms with Gasteiger partial charge in [0, 0.05) is 17.4 Å². The maximum Gasteiger partial charge on any atom is 0.230 e. The minimum Gasteiger partial charge on any atom is -0.424 e. The summed E-state index contributed by atoms with van der Waals surface area (Å²) >= 11 is 3.54. The van der Waals surface area contributed by atoms with Crippen molar-refractivity contribution in [3.05, 3.63) is 46.1 Å². The molecule has 5 heteroatoms. The summed E-state index contributed by atoms with van der Waals surface area (Å²) in [5, 5.41) is 11.1. The highest BCUT2D eigenvalue weighted by atomic mass is 79.9. The van der Waals surface area contributed by atoms with Crippen LogP contribution in [0.3, 0.4) is 0 Å². The van der Waals surface area contributed by atoms with Crippen molar-refractivity contribution in [2.75, 3.05) is 0 Å². The van der Waals surface area contributed by atoms with Gasteiger partial charge in [0.25, 0.3) is 0 Å². The second kappa shape index (κ2) is 5.42. The van der Waals surface area contributed by atoms with Gasteiger partial charge in [0.05, 0.1) is 6.54 Å². The van der Waals surface area contributed by atoms with E-state index in [1.54, 1.807) is 6.92 Å². The van der Waals surface area contributed by atoms with Crippen molar-refractivity contribution < 1.29 is 4.42 Å². The molecule has 2 aromatic rings. The number of rotatable bonds is 4. The predicted octanol–water partition coefficient (Wildman–Crippen LogP) is 2.99. The monoisotopic (exact) mass is 295 g/mol. The van der Waals surface area contributed by atoms with E-state index in [-0.39, 0.29) is 6.04 Å². The van der Waals surface area contributed by atoms with E-state index in [1.807, 2.05) is 18.2 Å². The molecular weight excluding hydrogens is 282 g/mol. The van der Waals surface area contributed by atoms with E-state index >= 15 is 0 Å². The summed E-state index contributed by atoms with van der Waals surface area (Å²) in [6, 6.07) is 8.36. The number of halogens is 1. The van der Waals surface area contributed by atoms with Gasteiger partial charge in [-0.2, -0.15) is 0 Å². The Bertz CT molecular complexity index is 498. The number of hydrogen-bond acceptors (Lipinski definition) is 4. The first-order valence-corrected chi connectivity index (χ1v) is 6.23. The van der Waals surface area contributed by atoms with E-state index in [9.17, 15) is 0 Å². The summed E-state index contributed by atoms with van der Waals surface area (Å²) in [5.41, 5.74) is 1.21. The van der Waals surface area contributed by atoms with Gasteiger partial charge in [0.2, 0.25) is 11.8 Å². The Morgan fingerprint density at radius 1 is 1.35 bits per heavy atom. The lowest BCUT2D eigenvalue weighted by molar-refractivity contribution is 0.430. The fourth-order valence-corrected chi connectivity index (χ4v) is 2.21. The van der Waals surface area contributed by atoms with Gasteiger partial charge < -0.3 is 9.73 Å². The normalized spacial score (nSPS) is 12.6. The maximum atomic E-state index is 5.30. The summed E-state index contributed by atoms with van der Waals surface area (Å²) in [4.78, 5) is 0. The number of nitrogens with one attached hydrogen (secondary N) is 1. The zero-order chi connectivity index (χ0) is 12.3. The molecule has 0 saturated carbocycles. The van der Waals surface area contributed by atoms with Crippen molar-refractivity contribution in [2.45, 2.75) is 26.4 Å². The van der Waals surface area contributed by atoms with Crippen LogP contribution in [0.2, 0.25) is 0 Å². The van der Waals surface area contributed by atoms with E-state index in [4.69, 9.17) is 4.42 Å². The fraction of sp³-hybridized carbons (Fsp3) is 0.333. The molecule has 0 aliphatic rings. The lowest BCUT2D eigenvalue weighted by Crippen LogP contribution is -2.18. The molecule has 0 unspecified atom stereocenters. The third-order valence-electron chi connectivity index (χ3n) is 2.50. The molecule has 0 radical (unpaired) electrons. The number of aryl methyl sites for hydroxylation is 1. The lowest BCUT2D eigenvalue weighted by Gasteiger charge is -2.14. The predicted molar refractivity (Wildman–Crippen MR) is 68.4 cm³/mol. The fourth-order valence-electron chi connectivity index (χ4n) is 1.59. The van der Waals surface area contributed by atoms with E-state index in [0.29, 0.717) is 18.3 Å². The molecule has 0 aliphatic heterocycles. The molecule has 2 rings (SSSR count). The van der Waals surface area contributed by atoms with Gasteiger partial charge in [-0.1, -0.05) is 34.1 Å². The van der Waals surface area contributed by atoms with E-state index < -0.39 is 0 Å². The molecule has 90 valence electrons. The van der Waals surface area contributed by atoms with Crippen molar-refractivity contribution in [3.63, 3.8) is 0 Å². The topological polar surface area (TPSA) is 51.0 Å². The van der Waals surface area contributed by atoms with E-state index in [0.717, 1.165) is 4.47 Å². The SMILES string of the molecule is Cc1nnc(CN[C@H](C)c2ccccc2Br)o1. The zero-order valence-corrected chi connectivity index (χ0v) is 11.4. The first-order chi connectivity index (χ1) is 8.16. The Balaban J connectivity index is 1.98. The van der Waals surface area contributed by atoms with Crippen LogP contribution >= 0.6 is 15.9 Å². The molecule has 4 nitrogen and oxygen atoms in total. The summed E-state index contributed by atoms with van der Waals surface area (Å²) in [5.74, 6) is 1.21. The van der Waals surface area contributed by atoms with Crippen molar-refractivity contribution in [3.8, 4) is 0 Å². The highest BCUT2D eigenvalue weighted by Crippen LogP contribution is 2.22. The van der Waals surface area contributed by atoms with Crippen LogP contribution in [0.1, 0.15) is 30.3 Å². The van der Waals surface area contributed by atoms with Crippen LogP contribution < -0.4 is 5.32 Å². The number of benzene rings is 1. The molecule has 0 bridgehead atoms. The molecule has 0 fully saturated rings. The standard InChI is InChI=1S/C12H14BrN3O/c1-8(10-5-3-4-6-11(10)13)14-7-12-16-15-9(2)17-12/h3-6,8,14H,7H2,1-2H3/t8-/m1/s1. The zero-order valence-electron chi connectivity index (χ0n) is 9.77. The third kappa shape index (κ3) is 3.14. The molecule has 0 amide bonds. The minimum absolute atomic E-state index is 0.220. The Hall–Kier alpha value is -1.20. The average molecular weight is 296 g/mol. The Morgan fingerprint density at radius 3 is 2.76 bits per heavy atom. The lowest BCUT2D eigenvalue weighted by atomic mass is 10.1. The highest BCUT2D eigenvalue weighted by Gasteiger charge is 2.09. The average Bonchev–Trinajstić information content (AvgIpc) is 2.73. The highest BCUT2D eigenvalue weighted by molar-refractivity contribution is 9.10. The van der Waals surface area contributed by atoms with E-state index in [2.05, 4.69) is 44.4 Å². The molecule has 0 aliphatic carbocycles. The Labute approximate surface area is 109 Å². The van der Waals surface area contributed by atoms with Gasteiger partial charge >= 0.3 is 0 Å². The van der Waals surface area contributed by atoms with Gasteiger partial charge in [0.15, 0.2) is 0 Å². The Morgan fingerprint density at radius 2 is 2.12 bits per heavy atom. The number of aromatic nitrogens is 2. The third-order valence-corrected chi connectivity index (χ3v) is 3.22. The first-order valence-electron chi connectivity index (χ1n) is 5.43. The summed E-state index contributed by atoms with van der Waals surface area (Å²) in [7, 11) is 0. The van der Waals surface area contributed by atoms with Crippen molar-refractivity contribution in [2.24, 2.45) is 0 Å². The molecule has 1 aromatic heterocycles. The second-order valence-electron chi connectivity index (χ2n) is 3.84. The Kier molecular flexibility index (Phi) is 3.91. The first kappa shape index (κ1) is 12.3. The molecule has 17 heavy (non-hydrogen) atoms. The van der Waals surface area contributed by atoms with Crippen LogP contribution in [0.5, 0.6) is 0 Å². The van der Waals surface area contributed by atoms with Crippen LogP contribution in [0.4, 0.5) is 0 Å². The van der Waals surface area contributed by atoms with Gasteiger partial charge in [-0.15, -0.1) is 10.2 Å².